The van der Waals surface area contributed by atoms with Crippen LogP contribution in [0.15, 0.2) is 35.2 Å². The van der Waals surface area contributed by atoms with Gasteiger partial charge in [-0.05, 0) is 37.6 Å². The highest BCUT2D eigenvalue weighted by Crippen LogP contribution is 2.37. The van der Waals surface area contributed by atoms with Gasteiger partial charge >= 0.3 is 0 Å². The van der Waals surface area contributed by atoms with Crippen LogP contribution < -0.4 is 14.8 Å². The fourth-order valence-electron chi connectivity index (χ4n) is 2.28. The smallest absolute Gasteiger partial charge is 0.265 e. The zero-order valence-electron chi connectivity index (χ0n) is 13.3. The Morgan fingerprint density at radius 1 is 1.28 bits per heavy atom. The SMILES string of the molecule is Cc1ccc(NS(=O)(=O)c2cc3c(cc2Cl)NC(=O)C(C)O3)cc1F. The van der Waals surface area contributed by atoms with E-state index in [1.807, 2.05) is 0 Å². The van der Waals surface area contributed by atoms with Crippen LogP contribution in [-0.4, -0.2) is 20.4 Å². The fraction of sp³-hybridized carbons (Fsp3) is 0.188. The van der Waals surface area contributed by atoms with Gasteiger partial charge < -0.3 is 10.1 Å². The van der Waals surface area contributed by atoms with Crippen LogP contribution in [0.4, 0.5) is 15.8 Å². The average molecular weight is 385 g/mol. The van der Waals surface area contributed by atoms with Crippen molar-refractivity contribution in [2.45, 2.75) is 24.8 Å². The number of aryl methyl sites for hydroxylation is 1. The molecule has 0 bridgehead atoms. The summed E-state index contributed by atoms with van der Waals surface area (Å²) >= 11 is 6.05. The quantitative estimate of drug-likeness (QED) is 0.850. The second kappa shape index (κ2) is 6.20. The Morgan fingerprint density at radius 3 is 2.68 bits per heavy atom. The van der Waals surface area contributed by atoms with Gasteiger partial charge in [-0.1, -0.05) is 17.7 Å². The van der Waals surface area contributed by atoms with Crippen LogP contribution >= 0.6 is 11.6 Å². The van der Waals surface area contributed by atoms with E-state index in [1.165, 1.54) is 31.2 Å². The summed E-state index contributed by atoms with van der Waals surface area (Å²) in [6.45, 7) is 3.11. The Kier molecular flexibility index (Phi) is 4.34. The van der Waals surface area contributed by atoms with Gasteiger partial charge in [0.05, 0.1) is 16.4 Å². The third kappa shape index (κ3) is 3.40. The molecule has 6 nitrogen and oxygen atoms in total. The molecular weight excluding hydrogens is 371 g/mol. The fourth-order valence-corrected chi connectivity index (χ4v) is 3.87. The summed E-state index contributed by atoms with van der Waals surface area (Å²) in [5.74, 6) is -0.698. The number of amides is 1. The maximum absolute atomic E-state index is 13.6. The van der Waals surface area contributed by atoms with Crippen LogP contribution in [0.1, 0.15) is 12.5 Å². The molecule has 1 aliphatic heterocycles. The number of benzene rings is 2. The molecular formula is C16H14ClFN2O4S. The van der Waals surface area contributed by atoms with E-state index in [-0.39, 0.29) is 32.9 Å². The number of nitrogens with one attached hydrogen (secondary N) is 2. The molecule has 0 saturated heterocycles. The van der Waals surface area contributed by atoms with Gasteiger partial charge in [-0.25, -0.2) is 12.8 Å². The lowest BCUT2D eigenvalue weighted by Gasteiger charge is -2.24. The first kappa shape index (κ1) is 17.5. The highest BCUT2D eigenvalue weighted by atomic mass is 35.5. The Hall–Kier alpha value is -2.32. The predicted molar refractivity (Wildman–Crippen MR) is 92.1 cm³/mol. The van der Waals surface area contributed by atoms with Crippen molar-refractivity contribution in [3.63, 3.8) is 0 Å². The monoisotopic (exact) mass is 384 g/mol. The van der Waals surface area contributed by atoms with Crippen molar-refractivity contribution in [3.05, 3.63) is 46.7 Å². The van der Waals surface area contributed by atoms with Crippen molar-refractivity contribution in [1.29, 1.82) is 0 Å². The summed E-state index contributed by atoms with van der Waals surface area (Å²) < 4.78 is 46.5. The molecule has 2 aromatic rings. The Labute approximate surface area is 149 Å². The molecule has 9 heteroatoms. The summed E-state index contributed by atoms with van der Waals surface area (Å²) in [5.41, 5.74) is 0.751. The van der Waals surface area contributed by atoms with Crippen molar-refractivity contribution in [1.82, 2.24) is 0 Å². The molecule has 132 valence electrons. The minimum atomic E-state index is -4.08. The first-order valence-electron chi connectivity index (χ1n) is 7.27. The van der Waals surface area contributed by atoms with Crippen molar-refractivity contribution in [2.75, 3.05) is 10.0 Å². The number of carbonyl (C=O) groups is 1. The van der Waals surface area contributed by atoms with Gasteiger partial charge in [-0.15, -0.1) is 0 Å². The first-order valence-corrected chi connectivity index (χ1v) is 9.13. The molecule has 0 aliphatic carbocycles. The Morgan fingerprint density at radius 2 is 2.00 bits per heavy atom. The number of hydrogen-bond acceptors (Lipinski definition) is 4. The van der Waals surface area contributed by atoms with Crippen molar-refractivity contribution in [3.8, 4) is 5.75 Å². The van der Waals surface area contributed by atoms with Gasteiger partial charge in [0.25, 0.3) is 15.9 Å². The molecule has 25 heavy (non-hydrogen) atoms. The lowest BCUT2D eigenvalue weighted by molar-refractivity contribution is -0.122. The van der Waals surface area contributed by atoms with Crippen LogP contribution in [0.3, 0.4) is 0 Å². The molecule has 1 unspecified atom stereocenters. The van der Waals surface area contributed by atoms with E-state index in [0.29, 0.717) is 5.56 Å². The normalized spacial score (nSPS) is 16.6. The van der Waals surface area contributed by atoms with Crippen LogP contribution in [0.25, 0.3) is 0 Å². The summed E-state index contributed by atoms with van der Waals surface area (Å²) in [6.07, 6.45) is -0.761. The second-order valence-electron chi connectivity index (χ2n) is 5.60. The van der Waals surface area contributed by atoms with Gasteiger partial charge in [0, 0.05) is 6.07 Å². The lowest BCUT2D eigenvalue weighted by atomic mass is 10.2. The average Bonchev–Trinajstić information content (AvgIpc) is 2.51. The first-order chi connectivity index (χ1) is 11.7. The van der Waals surface area contributed by atoms with Crippen LogP contribution in [-0.2, 0) is 14.8 Å². The molecule has 0 saturated carbocycles. The zero-order chi connectivity index (χ0) is 18.4. The maximum Gasteiger partial charge on any atom is 0.265 e. The number of fused-ring (bicyclic) bond motifs is 1. The lowest BCUT2D eigenvalue weighted by Crippen LogP contribution is -2.34. The Balaban J connectivity index is 1.98. The van der Waals surface area contributed by atoms with E-state index >= 15 is 0 Å². The molecule has 2 aromatic carbocycles. The second-order valence-corrected chi connectivity index (χ2v) is 7.66. The van der Waals surface area contributed by atoms with E-state index in [0.717, 1.165) is 6.07 Å². The summed E-state index contributed by atoms with van der Waals surface area (Å²) in [5, 5.41) is 2.48. The number of ether oxygens (including phenoxy) is 1. The van der Waals surface area contributed by atoms with Gasteiger partial charge in [0.1, 0.15) is 16.5 Å². The molecule has 1 amide bonds. The third-order valence-electron chi connectivity index (χ3n) is 3.68. The topological polar surface area (TPSA) is 84.5 Å². The molecule has 2 N–H and O–H groups in total. The van der Waals surface area contributed by atoms with E-state index < -0.39 is 21.9 Å². The van der Waals surface area contributed by atoms with Gasteiger partial charge in [0.2, 0.25) is 0 Å². The molecule has 0 fully saturated rings. The van der Waals surface area contributed by atoms with E-state index in [9.17, 15) is 17.6 Å². The number of sulfonamides is 1. The van der Waals surface area contributed by atoms with E-state index in [2.05, 4.69) is 10.0 Å². The minimum Gasteiger partial charge on any atom is -0.479 e. The number of carbonyl (C=O) groups excluding carboxylic acids is 1. The highest BCUT2D eigenvalue weighted by Gasteiger charge is 2.28. The highest BCUT2D eigenvalue weighted by molar-refractivity contribution is 7.92. The molecule has 1 aliphatic rings. The minimum absolute atomic E-state index is 0.0690. The summed E-state index contributed by atoms with van der Waals surface area (Å²) in [6, 6.07) is 6.51. The number of rotatable bonds is 3. The molecule has 3 rings (SSSR count). The summed E-state index contributed by atoms with van der Waals surface area (Å²) in [7, 11) is -4.08. The van der Waals surface area contributed by atoms with Crippen molar-refractivity contribution < 1.29 is 22.3 Å². The van der Waals surface area contributed by atoms with E-state index in [4.69, 9.17) is 16.3 Å². The number of hydrogen-bond donors (Lipinski definition) is 2. The van der Waals surface area contributed by atoms with Crippen LogP contribution in [0.5, 0.6) is 5.75 Å². The largest absolute Gasteiger partial charge is 0.479 e. The maximum atomic E-state index is 13.6. The van der Waals surface area contributed by atoms with Gasteiger partial charge in [0.15, 0.2) is 6.10 Å². The summed E-state index contributed by atoms with van der Waals surface area (Å²) in [4.78, 5) is 11.4. The standard InChI is InChI=1S/C16H14ClFN2O4S/c1-8-3-4-10(5-12(8)18)20-25(22,23)15-7-14-13(6-11(15)17)19-16(21)9(2)24-14/h3-7,9,20H,1-2H3,(H,19,21). The zero-order valence-corrected chi connectivity index (χ0v) is 14.8. The van der Waals surface area contributed by atoms with Crippen molar-refractivity contribution in [2.24, 2.45) is 0 Å². The van der Waals surface area contributed by atoms with Gasteiger partial charge in [-0.3, -0.25) is 9.52 Å². The number of halogens is 2. The van der Waals surface area contributed by atoms with E-state index in [1.54, 1.807) is 6.92 Å². The Bertz CT molecular complexity index is 978. The van der Waals surface area contributed by atoms with Gasteiger partial charge in [-0.2, -0.15) is 0 Å². The predicted octanol–water partition coefficient (Wildman–Crippen LogP) is 3.31. The molecule has 0 spiro atoms. The van der Waals surface area contributed by atoms with Crippen LogP contribution in [0, 0.1) is 12.7 Å². The van der Waals surface area contributed by atoms with Crippen molar-refractivity contribution >= 4 is 38.9 Å². The number of anilines is 2. The molecule has 0 radical (unpaired) electrons. The molecule has 1 heterocycles. The molecule has 1 atom stereocenters. The third-order valence-corrected chi connectivity index (χ3v) is 5.52. The molecule has 0 aromatic heterocycles. The van der Waals surface area contributed by atoms with Crippen LogP contribution in [0.2, 0.25) is 5.02 Å².